The van der Waals surface area contributed by atoms with Gasteiger partial charge in [-0.1, -0.05) is 29.8 Å². The van der Waals surface area contributed by atoms with Crippen molar-refractivity contribution in [1.29, 1.82) is 0 Å². The Bertz CT molecular complexity index is 717. The molecule has 0 aliphatic carbocycles. The predicted octanol–water partition coefficient (Wildman–Crippen LogP) is 3.55. The zero-order chi connectivity index (χ0) is 16.9. The van der Waals surface area contributed by atoms with E-state index in [9.17, 15) is 4.79 Å². The third-order valence-corrected chi connectivity index (χ3v) is 4.06. The van der Waals surface area contributed by atoms with Crippen molar-refractivity contribution in [1.82, 2.24) is 4.90 Å². The molecule has 0 fully saturated rings. The molecule has 0 spiro atoms. The van der Waals surface area contributed by atoms with Crippen LogP contribution in [0.4, 0.5) is 0 Å². The lowest BCUT2D eigenvalue weighted by Crippen LogP contribution is -2.25. The molecule has 0 amide bonds. The van der Waals surface area contributed by atoms with Crippen LogP contribution in [0.5, 0.6) is 11.5 Å². The Balaban J connectivity index is 1.71. The molecule has 5 nitrogen and oxygen atoms in total. The minimum atomic E-state index is -0.804. The highest BCUT2D eigenvalue weighted by Gasteiger charge is 2.15. The molecule has 24 heavy (non-hydrogen) atoms. The van der Waals surface area contributed by atoms with Crippen molar-refractivity contribution in [3.8, 4) is 11.5 Å². The average Bonchev–Trinajstić information content (AvgIpc) is 3.02. The molecule has 0 radical (unpaired) electrons. The van der Waals surface area contributed by atoms with Gasteiger partial charge in [0.15, 0.2) is 11.5 Å². The number of fused-ring (bicyclic) bond motifs is 1. The molecule has 126 valence electrons. The zero-order valence-electron chi connectivity index (χ0n) is 13.1. The first-order valence-corrected chi connectivity index (χ1v) is 8.05. The van der Waals surface area contributed by atoms with Crippen LogP contribution in [0.2, 0.25) is 5.02 Å². The van der Waals surface area contributed by atoms with Gasteiger partial charge in [-0.2, -0.15) is 0 Å². The Morgan fingerprint density at radius 1 is 1.04 bits per heavy atom. The minimum absolute atomic E-state index is 0.0954. The van der Waals surface area contributed by atoms with Gasteiger partial charge in [0.1, 0.15) is 0 Å². The summed E-state index contributed by atoms with van der Waals surface area (Å²) >= 11 is 5.92. The van der Waals surface area contributed by atoms with Crippen LogP contribution in [0.1, 0.15) is 17.5 Å². The first kappa shape index (κ1) is 16.6. The summed E-state index contributed by atoms with van der Waals surface area (Å²) in [6.07, 6.45) is 0.0954. The van der Waals surface area contributed by atoms with Crippen LogP contribution in [0.25, 0.3) is 0 Å². The second-order valence-corrected chi connectivity index (χ2v) is 6.10. The number of rotatable bonds is 7. The number of ether oxygens (including phenoxy) is 2. The fourth-order valence-corrected chi connectivity index (χ4v) is 2.74. The third kappa shape index (κ3) is 4.40. The molecule has 0 saturated heterocycles. The number of hydrogen-bond acceptors (Lipinski definition) is 4. The Kier molecular flexibility index (Phi) is 5.23. The number of aliphatic carboxylic acids is 1. The lowest BCUT2D eigenvalue weighted by Gasteiger charge is -2.22. The zero-order valence-corrected chi connectivity index (χ0v) is 13.8. The van der Waals surface area contributed by atoms with Crippen molar-refractivity contribution in [2.75, 3.05) is 13.3 Å². The van der Waals surface area contributed by atoms with E-state index < -0.39 is 5.97 Å². The van der Waals surface area contributed by atoms with Gasteiger partial charge in [0.2, 0.25) is 6.79 Å². The van der Waals surface area contributed by atoms with Gasteiger partial charge in [0.05, 0.1) is 6.42 Å². The highest BCUT2D eigenvalue weighted by Crippen LogP contribution is 2.32. The Labute approximate surface area is 145 Å². The second-order valence-electron chi connectivity index (χ2n) is 5.67. The first-order chi connectivity index (χ1) is 11.6. The molecule has 1 N–H and O–H groups in total. The minimum Gasteiger partial charge on any atom is -0.481 e. The quantitative estimate of drug-likeness (QED) is 0.830. The molecule has 2 aromatic rings. The van der Waals surface area contributed by atoms with Gasteiger partial charge in [-0.15, -0.1) is 0 Å². The topological polar surface area (TPSA) is 59.0 Å². The largest absolute Gasteiger partial charge is 0.481 e. The maximum absolute atomic E-state index is 10.9. The van der Waals surface area contributed by atoms with Gasteiger partial charge in [0.25, 0.3) is 0 Å². The number of carboxylic acid groups (broad SMARTS) is 1. The maximum Gasteiger partial charge on any atom is 0.304 e. The number of nitrogens with zero attached hydrogens (tertiary/aromatic N) is 1. The van der Waals surface area contributed by atoms with E-state index in [2.05, 4.69) is 4.90 Å². The Morgan fingerprint density at radius 2 is 1.71 bits per heavy atom. The van der Waals surface area contributed by atoms with Crippen LogP contribution in [0.15, 0.2) is 42.5 Å². The number of carbonyl (C=O) groups is 1. The smallest absolute Gasteiger partial charge is 0.304 e. The van der Waals surface area contributed by atoms with E-state index in [1.807, 2.05) is 42.5 Å². The normalized spacial score (nSPS) is 12.6. The maximum atomic E-state index is 10.9. The van der Waals surface area contributed by atoms with Crippen molar-refractivity contribution >= 4 is 17.6 Å². The van der Waals surface area contributed by atoms with Crippen LogP contribution in [-0.2, 0) is 17.9 Å². The van der Waals surface area contributed by atoms with Gasteiger partial charge in [0, 0.05) is 24.7 Å². The molecular formula is C18H18ClNO4. The number of halogens is 1. The summed E-state index contributed by atoms with van der Waals surface area (Å²) in [5.41, 5.74) is 2.14. The predicted molar refractivity (Wildman–Crippen MR) is 90.4 cm³/mol. The van der Waals surface area contributed by atoms with Crippen molar-refractivity contribution in [2.45, 2.75) is 19.5 Å². The Morgan fingerprint density at radius 3 is 2.46 bits per heavy atom. The van der Waals surface area contributed by atoms with E-state index in [-0.39, 0.29) is 13.2 Å². The summed E-state index contributed by atoms with van der Waals surface area (Å²) in [5.74, 6) is 0.674. The van der Waals surface area contributed by atoms with Gasteiger partial charge >= 0.3 is 5.97 Å². The molecule has 1 heterocycles. The summed E-state index contributed by atoms with van der Waals surface area (Å²) in [6.45, 7) is 1.99. The van der Waals surface area contributed by atoms with Gasteiger partial charge < -0.3 is 14.6 Å². The Hall–Kier alpha value is -2.24. The monoisotopic (exact) mass is 347 g/mol. The number of carboxylic acids is 1. The average molecular weight is 348 g/mol. The summed E-state index contributed by atoms with van der Waals surface area (Å²) in [6, 6.07) is 13.4. The van der Waals surface area contributed by atoms with Crippen molar-refractivity contribution in [3.63, 3.8) is 0 Å². The van der Waals surface area contributed by atoms with Crippen molar-refractivity contribution in [2.24, 2.45) is 0 Å². The molecule has 0 bridgehead atoms. The third-order valence-electron chi connectivity index (χ3n) is 3.80. The molecule has 0 aromatic heterocycles. The van der Waals surface area contributed by atoms with Gasteiger partial charge in [-0.25, -0.2) is 0 Å². The highest BCUT2D eigenvalue weighted by atomic mass is 35.5. The summed E-state index contributed by atoms with van der Waals surface area (Å²) in [5, 5.41) is 9.66. The lowest BCUT2D eigenvalue weighted by molar-refractivity contribution is -0.137. The summed E-state index contributed by atoms with van der Waals surface area (Å²) in [7, 11) is 0. The van der Waals surface area contributed by atoms with Gasteiger partial charge in [-0.05, 0) is 35.4 Å². The standard InChI is InChI=1S/C18H18ClNO4/c19-15-4-1-13(2-5-15)10-20(8-7-18(21)22)11-14-3-6-16-17(9-14)24-12-23-16/h1-6,9H,7-8,10-12H2,(H,21,22). The van der Waals surface area contributed by atoms with Crippen LogP contribution < -0.4 is 9.47 Å². The highest BCUT2D eigenvalue weighted by molar-refractivity contribution is 6.30. The molecule has 0 atom stereocenters. The molecule has 2 aromatic carbocycles. The molecule has 0 saturated carbocycles. The van der Waals surface area contributed by atoms with Crippen LogP contribution in [0.3, 0.4) is 0 Å². The summed E-state index contributed by atoms with van der Waals surface area (Å²) in [4.78, 5) is 13.0. The molecule has 0 unspecified atom stereocenters. The van der Waals surface area contributed by atoms with Crippen LogP contribution in [0, 0.1) is 0 Å². The fraction of sp³-hybridized carbons (Fsp3) is 0.278. The second kappa shape index (κ2) is 7.55. The van der Waals surface area contributed by atoms with E-state index in [1.54, 1.807) is 0 Å². The van der Waals surface area contributed by atoms with Crippen molar-refractivity contribution < 1.29 is 19.4 Å². The lowest BCUT2D eigenvalue weighted by atomic mass is 10.1. The van der Waals surface area contributed by atoms with Gasteiger partial charge in [-0.3, -0.25) is 9.69 Å². The SMILES string of the molecule is O=C(O)CCN(Cc1ccc(Cl)cc1)Cc1ccc2c(c1)OCO2. The number of benzene rings is 2. The van der Waals surface area contributed by atoms with Crippen LogP contribution >= 0.6 is 11.6 Å². The molecule has 3 rings (SSSR count). The van der Waals surface area contributed by atoms with E-state index in [4.69, 9.17) is 26.2 Å². The molecular weight excluding hydrogens is 330 g/mol. The van der Waals surface area contributed by atoms with E-state index in [1.165, 1.54) is 0 Å². The summed E-state index contributed by atoms with van der Waals surface area (Å²) < 4.78 is 10.7. The fourth-order valence-electron chi connectivity index (χ4n) is 2.61. The molecule has 1 aliphatic rings. The van der Waals surface area contributed by atoms with E-state index >= 15 is 0 Å². The molecule has 6 heteroatoms. The van der Waals surface area contributed by atoms with Crippen molar-refractivity contribution in [3.05, 3.63) is 58.6 Å². The first-order valence-electron chi connectivity index (χ1n) is 7.67. The van der Waals surface area contributed by atoms with Crippen LogP contribution in [-0.4, -0.2) is 29.3 Å². The van der Waals surface area contributed by atoms with E-state index in [0.717, 1.165) is 22.6 Å². The number of hydrogen-bond donors (Lipinski definition) is 1. The molecule has 1 aliphatic heterocycles. The van der Waals surface area contributed by atoms with E-state index in [0.29, 0.717) is 24.7 Å².